The molecule has 1 aliphatic rings. The zero-order valence-electron chi connectivity index (χ0n) is 13.0. The third kappa shape index (κ3) is 4.23. The maximum atomic E-state index is 12.3. The minimum atomic E-state index is 0.210. The number of carbonyl (C=O) groups is 1. The van der Waals surface area contributed by atoms with Crippen molar-refractivity contribution in [1.29, 1.82) is 0 Å². The van der Waals surface area contributed by atoms with Gasteiger partial charge in [0, 0.05) is 55.2 Å². The van der Waals surface area contributed by atoms with Gasteiger partial charge in [-0.2, -0.15) is 0 Å². The van der Waals surface area contributed by atoms with Crippen molar-refractivity contribution >= 4 is 23.2 Å². The Hall–Kier alpha value is -2.07. The first-order valence-corrected chi connectivity index (χ1v) is 8.28. The highest BCUT2D eigenvalue weighted by Gasteiger charge is 2.21. The van der Waals surface area contributed by atoms with Crippen molar-refractivity contribution < 1.29 is 4.79 Å². The molecule has 1 aromatic heterocycles. The van der Waals surface area contributed by atoms with E-state index in [0.29, 0.717) is 12.8 Å². The van der Waals surface area contributed by atoms with Gasteiger partial charge in [0.2, 0.25) is 5.91 Å². The molecule has 0 spiro atoms. The van der Waals surface area contributed by atoms with Gasteiger partial charge < -0.3 is 9.80 Å². The van der Waals surface area contributed by atoms with Crippen LogP contribution in [0.5, 0.6) is 0 Å². The van der Waals surface area contributed by atoms with Crippen LogP contribution in [0.4, 0.5) is 5.69 Å². The molecule has 2 heterocycles. The average Bonchev–Trinajstić information content (AvgIpc) is 2.61. The number of halogens is 1. The summed E-state index contributed by atoms with van der Waals surface area (Å²) >= 11 is 6.05. The molecule has 5 heteroatoms. The molecule has 0 bridgehead atoms. The summed E-state index contributed by atoms with van der Waals surface area (Å²) in [7, 11) is 0. The molecule has 120 valence electrons. The Morgan fingerprint density at radius 2 is 1.91 bits per heavy atom. The summed E-state index contributed by atoms with van der Waals surface area (Å²) in [6.07, 6.45) is 2.99. The third-order valence-corrected chi connectivity index (χ3v) is 4.36. The van der Waals surface area contributed by atoms with Crippen LogP contribution in [0, 0.1) is 0 Å². The Labute approximate surface area is 141 Å². The van der Waals surface area contributed by atoms with Gasteiger partial charge in [-0.15, -0.1) is 0 Å². The average molecular weight is 330 g/mol. The second-order valence-corrected chi connectivity index (χ2v) is 6.11. The highest BCUT2D eigenvalue weighted by Crippen LogP contribution is 2.21. The molecular formula is C18H20ClN3O. The zero-order chi connectivity index (χ0) is 16.1. The van der Waals surface area contributed by atoms with Crippen LogP contribution in [0.2, 0.25) is 5.02 Å². The molecular weight excluding hydrogens is 310 g/mol. The summed E-state index contributed by atoms with van der Waals surface area (Å²) in [4.78, 5) is 20.8. The van der Waals surface area contributed by atoms with Crippen molar-refractivity contribution in [2.45, 2.75) is 12.8 Å². The van der Waals surface area contributed by atoms with Crippen molar-refractivity contribution in [3.63, 3.8) is 0 Å². The van der Waals surface area contributed by atoms with Gasteiger partial charge in [-0.1, -0.05) is 23.7 Å². The quantitative estimate of drug-likeness (QED) is 0.865. The van der Waals surface area contributed by atoms with Gasteiger partial charge in [-0.3, -0.25) is 9.78 Å². The van der Waals surface area contributed by atoms with Gasteiger partial charge in [0.05, 0.1) is 0 Å². The minimum absolute atomic E-state index is 0.210. The number of carbonyl (C=O) groups excluding carboxylic acids is 1. The summed E-state index contributed by atoms with van der Waals surface area (Å²) in [6, 6.07) is 13.7. The first-order chi connectivity index (χ1) is 11.2. The van der Waals surface area contributed by atoms with Gasteiger partial charge in [-0.05, 0) is 36.8 Å². The van der Waals surface area contributed by atoms with E-state index in [1.54, 1.807) is 6.20 Å². The number of nitrogens with zero attached hydrogens (tertiary/aromatic N) is 3. The number of anilines is 1. The number of pyridine rings is 1. The zero-order valence-corrected chi connectivity index (χ0v) is 13.7. The molecule has 1 fully saturated rings. The molecule has 3 rings (SSSR count). The fraction of sp³-hybridized carbons (Fsp3) is 0.333. The number of piperazine rings is 1. The molecule has 0 aliphatic carbocycles. The number of hydrogen-bond donors (Lipinski definition) is 0. The molecule has 2 aromatic rings. The standard InChI is InChI=1S/C18H20ClN3O/c19-15-4-3-6-17(14-15)21-10-12-22(13-11-21)18(23)8-7-16-5-1-2-9-20-16/h1-6,9,14H,7-8,10-13H2. The van der Waals surface area contributed by atoms with Crippen LogP contribution in [0.25, 0.3) is 0 Å². The van der Waals surface area contributed by atoms with Crippen LogP contribution in [-0.2, 0) is 11.2 Å². The van der Waals surface area contributed by atoms with Gasteiger partial charge in [0.15, 0.2) is 0 Å². The predicted molar refractivity (Wildman–Crippen MR) is 92.8 cm³/mol. The summed E-state index contributed by atoms with van der Waals surface area (Å²) in [5, 5.41) is 0.747. The molecule has 0 atom stereocenters. The Morgan fingerprint density at radius 3 is 2.61 bits per heavy atom. The van der Waals surface area contributed by atoms with Crippen molar-refractivity contribution in [1.82, 2.24) is 9.88 Å². The number of amides is 1. The highest BCUT2D eigenvalue weighted by atomic mass is 35.5. The van der Waals surface area contributed by atoms with E-state index in [1.165, 1.54) is 0 Å². The minimum Gasteiger partial charge on any atom is -0.368 e. The lowest BCUT2D eigenvalue weighted by Gasteiger charge is -2.36. The van der Waals surface area contributed by atoms with E-state index in [2.05, 4.69) is 16.0 Å². The molecule has 0 saturated carbocycles. The number of rotatable bonds is 4. The number of benzene rings is 1. The Balaban J connectivity index is 1.49. The van der Waals surface area contributed by atoms with E-state index in [1.807, 2.05) is 41.3 Å². The Bertz CT molecular complexity index is 654. The van der Waals surface area contributed by atoms with Gasteiger partial charge >= 0.3 is 0 Å². The predicted octanol–water partition coefficient (Wildman–Crippen LogP) is 3.02. The van der Waals surface area contributed by atoms with Crippen molar-refractivity contribution in [3.05, 3.63) is 59.4 Å². The molecule has 0 N–H and O–H groups in total. The first-order valence-electron chi connectivity index (χ1n) is 7.90. The summed E-state index contributed by atoms with van der Waals surface area (Å²) in [5.74, 6) is 0.210. The fourth-order valence-electron chi connectivity index (χ4n) is 2.83. The number of aromatic nitrogens is 1. The molecule has 0 radical (unpaired) electrons. The van der Waals surface area contributed by atoms with E-state index in [0.717, 1.165) is 42.6 Å². The first kappa shape index (κ1) is 15.8. The molecule has 4 nitrogen and oxygen atoms in total. The molecule has 1 saturated heterocycles. The maximum absolute atomic E-state index is 12.3. The van der Waals surface area contributed by atoms with E-state index in [9.17, 15) is 4.79 Å². The highest BCUT2D eigenvalue weighted by molar-refractivity contribution is 6.30. The molecule has 1 aromatic carbocycles. The Kier molecular flexibility index (Phi) is 5.13. The van der Waals surface area contributed by atoms with E-state index in [-0.39, 0.29) is 5.91 Å². The van der Waals surface area contributed by atoms with E-state index in [4.69, 9.17) is 11.6 Å². The van der Waals surface area contributed by atoms with E-state index < -0.39 is 0 Å². The Morgan fingerprint density at radius 1 is 1.09 bits per heavy atom. The van der Waals surface area contributed by atoms with Crippen molar-refractivity contribution in [2.24, 2.45) is 0 Å². The summed E-state index contributed by atoms with van der Waals surface area (Å²) in [5.41, 5.74) is 2.09. The second-order valence-electron chi connectivity index (χ2n) is 5.67. The van der Waals surface area contributed by atoms with Crippen LogP contribution in [0.15, 0.2) is 48.7 Å². The summed E-state index contributed by atoms with van der Waals surface area (Å²) in [6.45, 7) is 3.20. The lowest BCUT2D eigenvalue weighted by Crippen LogP contribution is -2.48. The fourth-order valence-corrected chi connectivity index (χ4v) is 3.01. The van der Waals surface area contributed by atoms with Gasteiger partial charge in [0.1, 0.15) is 0 Å². The van der Waals surface area contributed by atoms with E-state index >= 15 is 0 Å². The third-order valence-electron chi connectivity index (χ3n) is 4.13. The van der Waals surface area contributed by atoms with Crippen LogP contribution in [-0.4, -0.2) is 42.0 Å². The summed E-state index contributed by atoms with van der Waals surface area (Å²) < 4.78 is 0. The lowest BCUT2D eigenvalue weighted by atomic mass is 10.2. The smallest absolute Gasteiger partial charge is 0.223 e. The van der Waals surface area contributed by atoms with Crippen LogP contribution in [0.1, 0.15) is 12.1 Å². The van der Waals surface area contributed by atoms with Crippen LogP contribution < -0.4 is 4.90 Å². The topological polar surface area (TPSA) is 36.4 Å². The molecule has 1 aliphatic heterocycles. The number of aryl methyl sites for hydroxylation is 1. The van der Waals surface area contributed by atoms with Crippen LogP contribution in [0.3, 0.4) is 0 Å². The van der Waals surface area contributed by atoms with Crippen LogP contribution >= 0.6 is 11.6 Å². The lowest BCUT2D eigenvalue weighted by molar-refractivity contribution is -0.131. The van der Waals surface area contributed by atoms with Gasteiger partial charge in [-0.25, -0.2) is 0 Å². The maximum Gasteiger partial charge on any atom is 0.223 e. The number of hydrogen-bond acceptors (Lipinski definition) is 3. The molecule has 23 heavy (non-hydrogen) atoms. The molecule has 0 unspecified atom stereocenters. The molecule has 1 amide bonds. The SMILES string of the molecule is O=C(CCc1ccccn1)N1CCN(c2cccc(Cl)c2)CC1. The second kappa shape index (κ2) is 7.47. The van der Waals surface area contributed by atoms with Gasteiger partial charge in [0.25, 0.3) is 0 Å². The van der Waals surface area contributed by atoms with Crippen molar-refractivity contribution in [3.8, 4) is 0 Å². The van der Waals surface area contributed by atoms with Crippen molar-refractivity contribution in [2.75, 3.05) is 31.1 Å². The largest absolute Gasteiger partial charge is 0.368 e. The monoisotopic (exact) mass is 329 g/mol. The normalized spacial score (nSPS) is 14.8.